The van der Waals surface area contributed by atoms with E-state index in [1.807, 2.05) is 6.08 Å². The number of ketones is 1. The second-order valence-electron chi connectivity index (χ2n) is 10.1. The summed E-state index contributed by atoms with van der Waals surface area (Å²) in [6, 6.07) is 0. The number of ether oxygens (including phenoxy) is 2. The van der Waals surface area contributed by atoms with Crippen molar-refractivity contribution < 1.29 is 34.1 Å². The Hall–Kier alpha value is -1.73. The average molecular weight is 421 g/mol. The second kappa shape index (κ2) is 6.63. The van der Waals surface area contributed by atoms with Crippen molar-refractivity contribution in [2.75, 3.05) is 0 Å². The fourth-order valence-corrected chi connectivity index (χ4v) is 7.08. The molecule has 4 aliphatic carbocycles. The van der Waals surface area contributed by atoms with Gasteiger partial charge in [-0.15, -0.1) is 0 Å². The van der Waals surface area contributed by atoms with Gasteiger partial charge in [-0.1, -0.05) is 18.6 Å². The highest BCUT2D eigenvalue weighted by atomic mass is 16.5. The van der Waals surface area contributed by atoms with Crippen molar-refractivity contribution in [2.24, 2.45) is 16.7 Å². The summed E-state index contributed by atoms with van der Waals surface area (Å²) in [5.41, 5.74) is -3.83. The molecule has 0 amide bonds. The predicted molar refractivity (Wildman–Crippen MR) is 106 cm³/mol. The molecule has 0 aromatic heterocycles. The molecule has 0 radical (unpaired) electrons. The van der Waals surface area contributed by atoms with E-state index in [0.717, 1.165) is 5.57 Å². The lowest BCUT2D eigenvalue weighted by Crippen LogP contribution is -2.75. The zero-order valence-electron chi connectivity index (χ0n) is 18.2. The minimum absolute atomic E-state index is 0.154. The quantitative estimate of drug-likeness (QED) is 0.521. The first-order valence-corrected chi connectivity index (χ1v) is 10.9. The normalized spacial score (nSPS) is 47.5. The van der Waals surface area contributed by atoms with E-state index in [1.165, 1.54) is 13.8 Å². The molecule has 0 aliphatic heterocycles. The second-order valence-corrected chi connectivity index (χ2v) is 10.1. The van der Waals surface area contributed by atoms with Crippen molar-refractivity contribution in [1.82, 2.24) is 0 Å². The Morgan fingerprint density at radius 2 is 1.77 bits per heavy atom. The first kappa shape index (κ1) is 21.5. The van der Waals surface area contributed by atoms with E-state index in [9.17, 15) is 24.6 Å². The number of Topliss-reactive ketones (excluding diaryl/α,β-unsaturated/α-hetero) is 1. The molecule has 0 aromatic rings. The number of hydrogen-bond donors (Lipinski definition) is 2. The van der Waals surface area contributed by atoms with Crippen molar-refractivity contribution in [1.29, 1.82) is 0 Å². The largest absolute Gasteiger partial charge is 0.462 e. The van der Waals surface area contributed by atoms with Crippen molar-refractivity contribution in [3.8, 4) is 0 Å². The van der Waals surface area contributed by atoms with Gasteiger partial charge in [0.25, 0.3) is 0 Å². The topological polar surface area (TPSA) is 110 Å². The molecule has 0 aromatic carbocycles. The van der Waals surface area contributed by atoms with Gasteiger partial charge in [0.1, 0.15) is 29.2 Å². The molecule has 7 heteroatoms. The third-order valence-corrected chi connectivity index (χ3v) is 8.78. The van der Waals surface area contributed by atoms with Gasteiger partial charge in [0.05, 0.1) is 5.41 Å². The van der Waals surface area contributed by atoms with Crippen LogP contribution in [0.5, 0.6) is 0 Å². The summed E-state index contributed by atoms with van der Waals surface area (Å²) in [6.45, 7) is 6.43. The van der Waals surface area contributed by atoms with E-state index >= 15 is 0 Å². The van der Waals surface area contributed by atoms with Crippen LogP contribution in [0.3, 0.4) is 0 Å². The lowest BCUT2D eigenvalue weighted by molar-refractivity contribution is -0.288. The monoisotopic (exact) mass is 420 g/mol. The van der Waals surface area contributed by atoms with Crippen LogP contribution < -0.4 is 0 Å². The van der Waals surface area contributed by atoms with Gasteiger partial charge in [0.2, 0.25) is 0 Å². The van der Waals surface area contributed by atoms with Crippen molar-refractivity contribution in [3.05, 3.63) is 11.6 Å². The Kier molecular flexibility index (Phi) is 4.75. The van der Waals surface area contributed by atoms with Gasteiger partial charge in [-0.2, -0.15) is 0 Å². The lowest BCUT2D eigenvalue weighted by atomic mass is 9.43. The maximum absolute atomic E-state index is 12.9. The summed E-state index contributed by atoms with van der Waals surface area (Å²) < 4.78 is 11.1. The molecule has 7 atom stereocenters. The molecular formula is C23H32O7. The third-order valence-electron chi connectivity index (χ3n) is 8.78. The summed E-state index contributed by atoms with van der Waals surface area (Å²) in [4.78, 5) is 36.2. The Morgan fingerprint density at radius 3 is 2.40 bits per heavy atom. The molecule has 0 heterocycles. The van der Waals surface area contributed by atoms with Gasteiger partial charge in [-0.3, -0.25) is 14.4 Å². The molecule has 2 N–H and O–H groups in total. The summed E-state index contributed by atoms with van der Waals surface area (Å²) in [6.07, 6.45) is 3.77. The highest BCUT2D eigenvalue weighted by Crippen LogP contribution is 2.67. The fraction of sp³-hybridized carbons (Fsp3) is 0.783. The number of fused-ring (bicyclic) bond motifs is 5. The van der Waals surface area contributed by atoms with Gasteiger partial charge < -0.3 is 19.7 Å². The van der Waals surface area contributed by atoms with Crippen LogP contribution in [0, 0.1) is 16.7 Å². The van der Waals surface area contributed by atoms with Gasteiger partial charge in [0, 0.05) is 32.6 Å². The molecule has 3 saturated carbocycles. The van der Waals surface area contributed by atoms with Gasteiger partial charge in [-0.25, -0.2) is 0 Å². The smallest absolute Gasteiger partial charge is 0.302 e. The van der Waals surface area contributed by atoms with Crippen LogP contribution in [0.15, 0.2) is 11.6 Å². The molecule has 166 valence electrons. The van der Waals surface area contributed by atoms with Crippen molar-refractivity contribution >= 4 is 17.7 Å². The third kappa shape index (κ3) is 2.60. The minimum Gasteiger partial charge on any atom is -0.462 e. The summed E-state index contributed by atoms with van der Waals surface area (Å²) in [7, 11) is 0. The lowest BCUT2D eigenvalue weighted by Gasteiger charge is -2.65. The summed E-state index contributed by atoms with van der Waals surface area (Å²) in [5, 5.41) is 23.9. The van der Waals surface area contributed by atoms with Gasteiger partial charge >= 0.3 is 11.9 Å². The molecule has 0 spiro atoms. The first-order valence-electron chi connectivity index (χ1n) is 10.9. The highest BCUT2D eigenvalue weighted by Gasteiger charge is 2.77. The molecule has 0 bridgehead atoms. The summed E-state index contributed by atoms with van der Waals surface area (Å²) >= 11 is 0. The first-order chi connectivity index (χ1) is 13.9. The van der Waals surface area contributed by atoms with Crippen LogP contribution >= 0.6 is 0 Å². The van der Waals surface area contributed by atoms with E-state index in [1.54, 1.807) is 6.92 Å². The zero-order chi connectivity index (χ0) is 22.1. The van der Waals surface area contributed by atoms with Crippen LogP contribution in [0.25, 0.3) is 0 Å². The molecule has 7 nitrogen and oxygen atoms in total. The van der Waals surface area contributed by atoms with Crippen LogP contribution in [-0.2, 0) is 23.9 Å². The summed E-state index contributed by atoms with van der Waals surface area (Å²) in [5.74, 6) is -1.35. The van der Waals surface area contributed by atoms with Crippen LogP contribution in [0.4, 0.5) is 0 Å². The highest BCUT2D eigenvalue weighted by molar-refractivity contribution is 5.90. The number of rotatable bonds is 2. The molecule has 3 fully saturated rings. The SMILES string of the molecule is CC(=O)OC1CCC2(C)C(=CCC3(O)C2CC(OC(C)=O)C2(C)C(=O)CCC32O)C1. The van der Waals surface area contributed by atoms with E-state index in [4.69, 9.17) is 9.47 Å². The molecule has 7 unspecified atom stereocenters. The standard InChI is InChI=1S/C23H32O7/c1-13(24)29-16-6-8-20(3)15(11-16)5-9-22(27)17(20)12-19(30-14(2)25)21(4)18(26)7-10-23(21,22)28/h5,16-17,19,27-28H,6-12H2,1-4H3. The van der Waals surface area contributed by atoms with E-state index in [2.05, 4.69) is 6.92 Å². The Labute approximate surface area is 176 Å². The average Bonchev–Trinajstić information content (AvgIpc) is 2.90. The maximum Gasteiger partial charge on any atom is 0.302 e. The number of carbonyl (C=O) groups excluding carboxylic acids is 3. The maximum atomic E-state index is 12.9. The molecule has 30 heavy (non-hydrogen) atoms. The van der Waals surface area contributed by atoms with E-state index in [-0.39, 0.29) is 43.0 Å². The Balaban J connectivity index is 1.77. The Bertz CT molecular complexity index is 833. The minimum atomic E-state index is -1.67. The molecule has 0 saturated heterocycles. The molecule has 4 aliphatic rings. The van der Waals surface area contributed by atoms with Crippen molar-refractivity contribution in [3.63, 3.8) is 0 Å². The molecular weight excluding hydrogens is 388 g/mol. The Morgan fingerprint density at radius 1 is 1.10 bits per heavy atom. The number of carbonyl (C=O) groups is 3. The zero-order valence-corrected chi connectivity index (χ0v) is 18.2. The fourth-order valence-electron chi connectivity index (χ4n) is 7.08. The van der Waals surface area contributed by atoms with E-state index in [0.29, 0.717) is 25.7 Å². The number of esters is 2. The van der Waals surface area contributed by atoms with Crippen LogP contribution in [0.2, 0.25) is 0 Å². The van der Waals surface area contributed by atoms with Crippen molar-refractivity contribution in [2.45, 2.75) is 96.1 Å². The van der Waals surface area contributed by atoms with Crippen LogP contribution in [-0.4, -0.2) is 51.3 Å². The molecule has 4 rings (SSSR count). The van der Waals surface area contributed by atoms with Gasteiger partial charge in [-0.05, 0) is 44.4 Å². The van der Waals surface area contributed by atoms with Crippen LogP contribution in [0.1, 0.15) is 72.6 Å². The number of aliphatic hydroxyl groups is 2. The predicted octanol–water partition coefficient (Wildman–Crippen LogP) is 2.22. The van der Waals surface area contributed by atoms with Gasteiger partial charge in [0.15, 0.2) is 0 Å². The number of hydrogen-bond acceptors (Lipinski definition) is 7. The van der Waals surface area contributed by atoms with E-state index < -0.39 is 34.1 Å².